The first kappa shape index (κ1) is 13.5. The highest BCUT2D eigenvalue weighted by molar-refractivity contribution is 7.17. The summed E-state index contributed by atoms with van der Waals surface area (Å²) in [4.78, 5) is 16.4. The van der Waals surface area contributed by atoms with Gasteiger partial charge in [0, 0.05) is 13.1 Å². The monoisotopic (exact) mass is 305 g/mol. The van der Waals surface area contributed by atoms with Crippen LogP contribution in [0.5, 0.6) is 0 Å². The largest absolute Gasteiger partial charge is 0.315 e. The van der Waals surface area contributed by atoms with Crippen LogP contribution < -0.4 is 10.9 Å². The molecule has 20 heavy (non-hydrogen) atoms. The molecule has 0 spiro atoms. The van der Waals surface area contributed by atoms with Gasteiger partial charge in [-0.2, -0.15) is 11.3 Å². The summed E-state index contributed by atoms with van der Waals surface area (Å²) < 4.78 is 2.42. The van der Waals surface area contributed by atoms with Crippen LogP contribution in [0, 0.1) is 0 Å². The van der Waals surface area contributed by atoms with E-state index in [9.17, 15) is 4.79 Å². The second kappa shape index (κ2) is 6.30. The number of nitrogens with zero attached hydrogens (tertiary/aromatic N) is 2. The fourth-order valence-corrected chi connectivity index (χ4v) is 3.53. The quantitative estimate of drug-likeness (QED) is 0.711. The van der Waals surface area contributed by atoms with Crippen molar-refractivity contribution < 1.29 is 0 Å². The summed E-state index contributed by atoms with van der Waals surface area (Å²) in [7, 11) is 0. The zero-order valence-electron chi connectivity index (χ0n) is 10.9. The van der Waals surface area contributed by atoms with E-state index in [1.807, 2.05) is 11.4 Å². The molecule has 3 aromatic heterocycles. The van der Waals surface area contributed by atoms with Crippen molar-refractivity contribution >= 4 is 32.9 Å². The van der Waals surface area contributed by atoms with E-state index in [4.69, 9.17) is 0 Å². The van der Waals surface area contributed by atoms with E-state index in [1.165, 1.54) is 16.9 Å². The number of rotatable bonds is 6. The summed E-state index contributed by atoms with van der Waals surface area (Å²) in [6, 6.07) is 4.02. The molecule has 0 unspecified atom stereocenters. The Balaban J connectivity index is 1.52. The minimum atomic E-state index is 0.0598. The van der Waals surface area contributed by atoms with E-state index < -0.39 is 0 Å². The maximum atomic E-state index is 12.1. The first-order valence-corrected chi connectivity index (χ1v) is 8.31. The summed E-state index contributed by atoms with van der Waals surface area (Å²) in [6.07, 6.45) is 2.67. The van der Waals surface area contributed by atoms with Gasteiger partial charge in [0.25, 0.3) is 5.56 Å². The fourth-order valence-electron chi connectivity index (χ4n) is 2.03. The molecule has 0 radical (unpaired) electrons. The highest BCUT2D eigenvalue weighted by atomic mass is 32.1. The lowest BCUT2D eigenvalue weighted by Gasteiger charge is -2.06. The number of fused-ring (bicyclic) bond motifs is 1. The van der Waals surface area contributed by atoms with Crippen LogP contribution in [0.4, 0.5) is 0 Å². The van der Waals surface area contributed by atoms with Crippen LogP contribution in [0.3, 0.4) is 0 Å². The zero-order chi connectivity index (χ0) is 13.8. The van der Waals surface area contributed by atoms with Crippen LogP contribution in [-0.4, -0.2) is 22.6 Å². The van der Waals surface area contributed by atoms with E-state index >= 15 is 0 Å². The Bertz CT molecular complexity index is 730. The molecule has 3 aromatic rings. The van der Waals surface area contributed by atoms with E-state index in [0.717, 1.165) is 29.7 Å². The molecule has 6 heteroatoms. The maximum absolute atomic E-state index is 12.1. The minimum absolute atomic E-state index is 0.0598. The first-order valence-electron chi connectivity index (χ1n) is 6.49. The van der Waals surface area contributed by atoms with E-state index in [1.54, 1.807) is 22.2 Å². The summed E-state index contributed by atoms with van der Waals surface area (Å²) in [6.45, 7) is 2.37. The second-order valence-corrected chi connectivity index (χ2v) is 6.21. The maximum Gasteiger partial charge on any atom is 0.271 e. The summed E-state index contributed by atoms with van der Waals surface area (Å²) in [5.41, 5.74) is 2.22. The van der Waals surface area contributed by atoms with Crippen molar-refractivity contribution in [2.45, 2.75) is 13.0 Å². The molecule has 104 valence electrons. The molecule has 0 atom stereocenters. The van der Waals surface area contributed by atoms with Gasteiger partial charge in [0.15, 0.2) is 0 Å². The van der Waals surface area contributed by atoms with Gasteiger partial charge in [-0.3, -0.25) is 9.36 Å². The predicted octanol–water partition coefficient (Wildman–Crippen LogP) is 2.35. The third-order valence-corrected chi connectivity index (χ3v) is 4.76. The Morgan fingerprint density at radius 2 is 2.20 bits per heavy atom. The Morgan fingerprint density at radius 1 is 1.25 bits per heavy atom. The Morgan fingerprint density at radius 3 is 3.05 bits per heavy atom. The molecule has 0 saturated heterocycles. The zero-order valence-corrected chi connectivity index (χ0v) is 12.5. The van der Waals surface area contributed by atoms with Gasteiger partial charge in [0.05, 0.1) is 11.8 Å². The molecule has 0 aliphatic rings. The lowest BCUT2D eigenvalue weighted by Crippen LogP contribution is -2.28. The highest BCUT2D eigenvalue weighted by Crippen LogP contribution is 2.12. The number of thiophene rings is 2. The second-order valence-electron chi connectivity index (χ2n) is 4.51. The Hall–Kier alpha value is -1.50. The predicted molar refractivity (Wildman–Crippen MR) is 84.8 cm³/mol. The molecule has 4 nitrogen and oxygen atoms in total. The van der Waals surface area contributed by atoms with Crippen LogP contribution in [-0.2, 0) is 13.0 Å². The van der Waals surface area contributed by atoms with Crippen LogP contribution in [0.2, 0.25) is 0 Å². The molecule has 3 rings (SSSR count). The molecule has 3 heterocycles. The van der Waals surface area contributed by atoms with Gasteiger partial charge < -0.3 is 5.32 Å². The Kier molecular flexibility index (Phi) is 4.25. The van der Waals surface area contributed by atoms with Gasteiger partial charge in [0.1, 0.15) is 4.70 Å². The summed E-state index contributed by atoms with van der Waals surface area (Å²) >= 11 is 3.18. The average Bonchev–Trinajstić information content (AvgIpc) is 3.11. The van der Waals surface area contributed by atoms with E-state index in [0.29, 0.717) is 6.54 Å². The molecule has 0 aromatic carbocycles. The van der Waals surface area contributed by atoms with Gasteiger partial charge in [-0.1, -0.05) is 0 Å². The normalized spacial score (nSPS) is 11.2. The van der Waals surface area contributed by atoms with Gasteiger partial charge in [0.2, 0.25) is 0 Å². The summed E-state index contributed by atoms with van der Waals surface area (Å²) in [5, 5.41) is 9.53. The molecule has 0 fully saturated rings. The molecular formula is C14H15N3OS2. The lowest BCUT2D eigenvalue weighted by molar-refractivity contribution is 0.584. The van der Waals surface area contributed by atoms with Crippen molar-refractivity contribution in [1.82, 2.24) is 14.9 Å². The lowest BCUT2D eigenvalue weighted by atomic mass is 10.2. The van der Waals surface area contributed by atoms with Crippen molar-refractivity contribution in [2.24, 2.45) is 0 Å². The van der Waals surface area contributed by atoms with Crippen LogP contribution in [0.1, 0.15) is 5.56 Å². The van der Waals surface area contributed by atoms with Crippen LogP contribution in [0.25, 0.3) is 10.2 Å². The van der Waals surface area contributed by atoms with E-state index in [2.05, 4.69) is 27.1 Å². The van der Waals surface area contributed by atoms with Gasteiger partial charge in [-0.05, 0) is 46.8 Å². The number of hydrogen-bond donors (Lipinski definition) is 1. The van der Waals surface area contributed by atoms with Crippen molar-refractivity contribution in [3.63, 3.8) is 0 Å². The van der Waals surface area contributed by atoms with Gasteiger partial charge in [-0.15, -0.1) is 11.3 Å². The molecule has 0 bridgehead atoms. The topological polar surface area (TPSA) is 46.9 Å². The summed E-state index contributed by atoms with van der Waals surface area (Å²) in [5.74, 6) is 0. The van der Waals surface area contributed by atoms with Gasteiger partial charge >= 0.3 is 0 Å². The first-order chi connectivity index (χ1) is 9.84. The van der Waals surface area contributed by atoms with Crippen molar-refractivity contribution in [2.75, 3.05) is 13.1 Å². The van der Waals surface area contributed by atoms with Gasteiger partial charge in [-0.25, -0.2) is 4.98 Å². The molecule has 0 aliphatic carbocycles. The smallest absolute Gasteiger partial charge is 0.271 e. The van der Waals surface area contributed by atoms with Crippen LogP contribution >= 0.6 is 22.7 Å². The molecule has 0 aliphatic heterocycles. The molecule has 0 amide bonds. The molecule has 0 saturated carbocycles. The van der Waals surface area contributed by atoms with E-state index in [-0.39, 0.29) is 5.56 Å². The molecule has 1 N–H and O–H groups in total. The third-order valence-electron chi connectivity index (χ3n) is 3.14. The minimum Gasteiger partial charge on any atom is -0.315 e. The highest BCUT2D eigenvalue weighted by Gasteiger charge is 2.04. The van der Waals surface area contributed by atoms with Crippen LogP contribution in [0.15, 0.2) is 39.4 Å². The van der Waals surface area contributed by atoms with Crippen molar-refractivity contribution in [3.8, 4) is 0 Å². The number of hydrogen-bond acceptors (Lipinski definition) is 5. The average molecular weight is 305 g/mol. The standard InChI is InChI=1S/C14H15N3OS2/c18-14-13-12(3-8-20-13)16-10-17(14)6-5-15-4-1-11-2-7-19-9-11/h2-3,7-10,15H,1,4-6H2. The SMILES string of the molecule is O=c1c2sccc2ncn1CCNCCc1ccsc1. The van der Waals surface area contributed by atoms with Crippen molar-refractivity contribution in [1.29, 1.82) is 0 Å². The Labute approximate surface area is 124 Å². The number of nitrogens with one attached hydrogen (secondary N) is 1. The number of aromatic nitrogens is 2. The van der Waals surface area contributed by atoms with Crippen molar-refractivity contribution in [3.05, 3.63) is 50.5 Å². The third kappa shape index (κ3) is 2.98. The molecular weight excluding hydrogens is 290 g/mol. The fraction of sp³-hybridized carbons (Fsp3) is 0.286.